The van der Waals surface area contributed by atoms with E-state index in [0.29, 0.717) is 0 Å². The minimum absolute atomic E-state index is 0.00132. The number of hydrogen-bond acceptors (Lipinski definition) is 6. The van der Waals surface area contributed by atoms with Crippen LogP contribution in [0, 0.1) is 10.1 Å². The van der Waals surface area contributed by atoms with Gasteiger partial charge in [0, 0.05) is 12.1 Å². The summed E-state index contributed by atoms with van der Waals surface area (Å²) in [7, 11) is 0. The highest BCUT2D eigenvalue weighted by molar-refractivity contribution is 5.93. The van der Waals surface area contributed by atoms with Gasteiger partial charge in [-0.15, -0.1) is 0 Å². The summed E-state index contributed by atoms with van der Waals surface area (Å²) in [6, 6.07) is 2.59. The van der Waals surface area contributed by atoms with E-state index in [1.807, 2.05) is 0 Å². The highest BCUT2D eigenvalue weighted by atomic mass is 16.6. The van der Waals surface area contributed by atoms with Crippen molar-refractivity contribution in [2.24, 2.45) is 5.73 Å². The first kappa shape index (κ1) is 14.1. The van der Waals surface area contributed by atoms with Crippen molar-refractivity contribution in [3.63, 3.8) is 0 Å². The van der Waals surface area contributed by atoms with Crippen LogP contribution < -0.4 is 16.6 Å². The Kier molecular flexibility index (Phi) is 3.61. The van der Waals surface area contributed by atoms with Gasteiger partial charge in [-0.1, -0.05) is 0 Å². The van der Waals surface area contributed by atoms with Crippen LogP contribution in [0.5, 0.6) is 0 Å². The topological polar surface area (TPSA) is 150 Å². The van der Waals surface area contributed by atoms with Crippen molar-refractivity contribution in [2.45, 2.75) is 6.54 Å². The summed E-state index contributed by atoms with van der Waals surface area (Å²) >= 11 is 0. The maximum Gasteiger partial charge on any atom is 0.318 e. The van der Waals surface area contributed by atoms with Crippen LogP contribution in [0.25, 0.3) is 10.9 Å². The van der Waals surface area contributed by atoms with Crippen LogP contribution in [-0.4, -0.2) is 26.4 Å². The summed E-state index contributed by atoms with van der Waals surface area (Å²) in [4.78, 5) is 48.0. The van der Waals surface area contributed by atoms with E-state index in [4.69, 9.17) is 5.73 Å². The van der Waals surface area contributed by atoms with Crippen LogP contribution in [-0.2, 0) is 11.3 Å². The molecule has 2 aromatic rings. The number of amides is 3. The third-order valence-electron chi connectivity index (χ3n) is 2.59. The minimum atomic E-state index is -1.04. The number of benzene rings is 1. The van der Waals surface area contributed by atoms with E-state index in [-0.39, 0.29) is 16.6 Å². The summed E-state index contributed by atoms with van der Waals surface area (Å²) in [6.45, 7) is -0.479. The molecule has 0 saturated carbocycles. The molecule has 0 atom stereocenters. The number of nitro benzene ring substituents is 1. The SMILES string of the molecule is NC(=O)NC(=O)Cn1cnc2ccc([N+](=O)[O-])cc2c1=O. The summed E-state index contributed by atoms with van der Waals surface area (Å²) in [6.07, 6.45) is 1.11. The molecule has 3 amide bonds. The van der Waals surface area contributed by atoms with Crippen LogP contribution in [0.1, 0.15) is 0 Å². The summed E-state index contributed by atoms with van der Waals surface area (Å²) in [5.41, 5.74) is 4.14. The molecule has 10 nitrogen and oxygen atoms in total. The van der Waals surface area contributed by atoms with E-state index in [0.717, 1.165) is 17.0 Å². The van der Waals surface area contributed by atoms with E-state index in [9.17, 15) is 24.5 Å². The Morgan fingerprint density at radius 1 is 1.43 bits per heavy atom. The zero-order valence-corrected chi connectivity index (χ0v) is 10.5. The first-order chi connectivity index (χ1) is 9.88. The van der Waals surface area contributed by atoms with Crippen molar-refractivity contribution in [3.05, 3.63) is 45.0 Å². The Labute approximate surface area is 116 Å². The molecule has 3 N–H and O–H groups in total. The number of imide groups is 1. The third-order valence-corrected chi connectivity index (χ3v) is 2.59. The zero-order chi connectivity index (χ0) is 15.6. The van der Waals surface area contributed by atoms with Crippen molar-refractivity contribution in [2.75, 3.05) is 0 Å². The summed E-state index contributed by atoms with van der Waals surface area (Å²) in [5.74, 6) is -0.795. The molecule has 2 rings (SSSR count). The molecule has 0 aliphatic carbocycles. The van der Waals surface area contributed by atoms with E-state index in [1.54, 1.807) is 5.32 Å². The number of nitrogens with two attached hydrogens (primary N) is 1. The van der Waals surface area contributed by atoms with Gasteiger partial charge >= 0.3 is 6.03 Å². The van der Waals surface area contributed by atoms with Crippen molar-refractivity contribution < 1.29 is 14.5 Å². The Balaban J connectivity index is 2.45. The van der Waals surface area contributed by atoms with Crippen LogP contribution >= 0.6 is 0 Å². The zero-order valence-electron chi connectivity index (χ0n) is 10.5. The number of primary amides is 1. The quantitative estimate of drug-likeness (QED) is 0.574. The first-order valence-electron chi connectivity index (χ1n) is 5.61. The van der Waals surface area contributed by atoms with Gasteiger partial charge in [0.15, 0.2) is 0 Å². The molecule has 0 fully saturated rings. The van der Waals surface area contributed by atoms with Crippen molar-refractivity contribution in [1.82, 2.24) is 14.9 Å². The molecule has 0 aliphatic rings. The molecule has 1 heterocycles. The maximum absolute atomic E-state index is 12.1. The second kappa shape index (κ2) is 5.36. The van der Waals surface area contributed by atoms with Gasteiger partial charge in [0.2, 0.25) is 5.91 Å². The molecule has 0 aliphatic heterocycles. The Morgan fingerprint density at radius 2 is 2.14 bits per heavy atom. The third kappa shape index (κ3) is 3.00. The Hall–Kier alpha value is -3.30. The molecular weight excluding hydrogens is 282 g/mol. The molecular formula is C11H9N5O5. The van der Waals surface area contributed by atoms with Crippen LogP contribution in [0.4, 0.5) is 10.5 Å². The van der Waals surface area contributed by atoms with Gasteiger partial charge < -0.3 is 5.73 Å². The minimum Gasteiger partial charge on any atom is -0.351 e. The average molecular weight is 291 g/mol. The highest BCUT2D eigenvalue weighted by Crippen LogP contribution is 2.16. The molecule has 1 aromatic carbocycles. The number of aromatic nitrogens is 2. The van der Waals surface area contributed by atoms with Gasteiger partial charge in [-0.3, -0.25) is 29.6 Å². The maximum atomic E-state index is 12.1. The standard InChI is InChI=1S/C11H9N5O5/c12-11(19)14-9(17)4-15-5-13-8-2-1-6(16(20)21)3-7(8)10(15)18/h1-3,5H,4H2,(H3,12,14,17,19). The number of nitrogens with one attached hydrogen (secondary N) is 1. The molecule has 0 saturated heterocycles. The van der Waals surface area contributed by atoms with Gasteiger partial charge in [-0.2, -0.15) is 0 Å². The number of rotatable bonds is 3. The Bertz CT molecular complexity index is 812. The number of urea groups is 1. The molecule has 108 valence electrons. The number of carbonyl (C=O) groups is 2. The van der Waals surface area contributed by atoms with Crippen LogP contribution in [0.3, 0.4) is 0 Å². The number of carbonyl (C=O) groups excluding carboxylic acids is 2. The Morgan fingerprint density at radius 3 is 2.76 bits per heavy atom. The molecule has 0 radical (unpaired) electrons. The molecule has 1 aromatic heterocycles. The van der Waals surface area contributed by atoms with Crippen LogP contribution in [0.2, 0.25) is 0 Å². The lowest BCUT2D eigenvalue weighted by Crippen LogP contribution is -2.39. The van der Waals surface area contributed by atoms with E-state index in [1.165, 1.54) is 12.1 Å². The van der Waals surface area contributed by atoms with Gasteiger partial charge in [0.1, 0.15) is 6.54 Å². The molecule has 21 heavy (non-hydrogen) atoms. The largest absolute Gasteiger partial charge is 0.351 e. The fourth-order valence-electron chi connectivity index (χ4n) is 1.70. The number of nitrogens with zero attached hydrogens (tertiary/aromatic N) is 3. The second-order valence-corrected chi connectivity index (χ2v) is 4.05. The lowest BCUT2D eigenvalue weighted by atomic mass is 10.2. The normalized spacial score (nSPS) is 10.3. The number of fused-ring (bicyclic) bond motifs is 1. The summed E-state index contributed by atoms with van der Waals surface area (Å²) in [5, 5.41) is 12.5. The van der Waals surface area contributed by atoms with E-state index in [2.05, 4.69) is 4.98 Å². The lowest BCUT2D eigenvalue weighted by molar-refractivity contribution is -0.384. The fourth-order valence-corrected chi connectivity index (χ4v) is 1.70. The monoisotopic (exact) mass is 291 g/mol. The summed E-state index contributed by atoms with van der Waals surface area (Å²) < 4.78 is 0.921. The lowest BCUT2D eigenvalue weighted by Gasteiger charge is -2.05. The number of hydrogen-bond donors (Lipinski definition) is 2. The molecule has 10 heteroatoms. The predicted octanol–water partition coefficient (Wildman–Crippen LogP) is -0.500. The fraction of sp³-hybridized carbons (Fsp3) is 0.0909. The van der Waals surface area contributed by atoms with Gasteiger partial charge in [-0.25, -0.2) is 9.78 Å². The van der Waals surface area contributed by atoms with Gasteiger partial charge in [-0.05, 0) is 6.07 Å². The second-order valence-electron chi connectivity index (χ2n) is 4.05. The van der Waals surface area contributed by atoms with Crippen LogP contribution in [0.15, 0.2) is 29.3 Å². The van der Waals surface area contributed by atoms with Crippen molar-refractivity contribution >= 4 is 28.5 Å². The van der Waals surface area contributed by atoms with Crippen molar-refractivity contribution in [1.29, 1.82) is 0 Å². The van der Waals surface area contributed by atoms with Gasteiger partial charge in [0.05, 0.1) is 22.2 Å². The number of nitro groups is 1. The van der Waals surface area contributed by atoms with Crippen molar-refractivity contribution in [3.8, 4) is 0 Å². The molecule has 0 unspecified atom stereocenters. The van der Waals surface area contributed by atoms with E-state index < -0.39 is 29.0 Å². The molecule has 0 bridgehead atoms. The number of non-ortho nitro benzene ring substituents is 1. The molecule has 0 spiro atoms. The average Bonchev–Trinajstić information content (AvgIpc) is 2.40. The first-order valence-corrected chi connectivity index (χ1v) is 5.61. The van der Waals surface area contributed by atoms with Gasteiger partial charge in [0.25, 0.3) is 11.2 Å². The smallest absolute Gasteiger partial charge is 0.318 e. The predicted molar refractivity (Wildman–Crippen MR) is 70.4 cm³/mol. The van der Waals surface area contributed by atoms with E-state index >= 15 is 0 Å². The highest BCUT2D eigenvalue weighted by Gasteiger charge is 2.12.